The van der Waals surface area contributed by atoms with Crippen molar-refractivity contribution in [2.45, 2.75) is 58.2 Å². The lowest BCUT2D eigenvalue weighted by Gasteiger charge is -2.38. The average Bonchev–Trinajstić information content (AvgIpc) is 3.53. The molecule has 2 bridgehead atoms. The van der Waals surface area contributed by atoms with E-state index in [1.807, 2.05) is 20.8 Å². The van der Waals surface area contributed by atoms with Crippen molar-refractivity contribution in [1.82, 2.24) is 9.88 Å². The number of nitrogens with one attached hydrogen (secondary N) is 1. The van der Waals surface area contributed by atoms with Crippen LogP contribution >= 0.6 is 34.8 Å². The maximum Gasteiger partial charge on any atom is 0.410 e. The zero-order valence-corrected chi connectivity index (χ0v) is 26.3. The van der Waals surface area contributed by atoms with Crippen molar-refractivity contribution >= 4 is 63.5 Å². The lowest BCUT2D eigenvalue weighted by molar-refractivity contribution is 0.0238. The minimum atomic E-state index is -0.717. The number of carbonyl (C=O) groups is 2. The summed E-state index contributed by atoms with van der Waals surface area (Å²) in [6, 6.07) is 6.15. The Hall–Kier alpha value is -3.32. The van der Waals surface area contributed by atoms with Crippen molar-refractivity contribution in [2.24, 2.45) is 5.92 Å². The quantitative estimate of drug-likeness (QED) is 0.159. The second-order valence-electron chi connectivity index (χ2n) is 11.6. The van der Waals surface area contributed by atoms with Gasteiger partial charge in [0.1, 0.15) is 21.8 Å². The number of benzene rings is 2. The fourth-order valence-electron chi connectivity index (χ4n) is 5.82. The second-order valence-corrected chi connectivity index (χ2v) is 12.7. The number of nitrogens with zero attached hydrogens (tertiary/aromatic N) is 3. The first-order valence-electron chi connectivity index (χ1n) is 13.9. The van der Waals surface area contributed by atoms with Gasteiger partial charge in [0, 0.05) is 35.4 Å². The minimum absolute atomic E-state index is 0.0322. The monoisotopic (exact) mass is 646 g/mol. The number of pyridine rings is 1. The zero-order chi connectivity index (χ0) is 31.2. The van der Waals surface area contributed by atoms with Crippen LogP contribution in [0.2, 0.25) is 15.2 Å². The van der Waals surface area contributed by atoms with Crippen molar-refractivity contribution in [1.29, 1.82) is 0 Å². The number of halogens is 4. The summed E-state index contributed by atoms with van der Waals surface area (Å²) in [5.74, 6) is -1.36. The van der Waals surface area contributed by atoms with E-state index in [0.717, 1.165) is 6.42 Å². The molecule has 226 valence electrons. The van der Waals surface area contributed by atoms with E-state index in [2.05, 4.69) is 15.1 Å². The van der Waals surface area contributed by atoms with Gasteiger partial charge in [-0.3, -0.25) is 0 Å². The van der Waals surface area contributed by atoms with Gasteiger partial charge >= 0.3 is 12.1 Å². The standard InChI is InChI=1S/C31H30Cl3FN4O4/c1-6-42-29(40)22-26(37-25-16-13-20(25)39(14-16)30(41)43-31(2,3)4)18-12-15(10-11-36-5)21(24(35)27(18)38-28(22)34)17-8-7-9-19(32)23(17)33/h7-9,12,16,20,25H,6,10-11,13-14H2,1-4H3,(H,37,38)/t16-,20-,25+/m1/s1. The molecule has 2 aromatic carbocycles. The highest BCUT2D eigenvalue weighted by atomic mass is 35.5. The molecule has 2 saturated heterocycles. The number of rotatable bonds is 7. The van der Waals surface area contributed by atoms with Crippen molar-refractivity contribution in [3.63, 3.8) is 0 Å². The summed E-state index contributed by atoms with van der Waals surface area (Å²) in [7, 11) is 0. The van der Waals surface area contributed by atoms with E-state index in [9.17, 15) is 9.59 Å². The van der Waals surface area contributed by atoms with E-state index >= 15 is 4.39 Å². The molecular weight excluding hydrogens is 618 g/mol. The van der Waals surface area contributed by atoms with Crippen LogP contribution < -0.4 is 5.32 Å². The summed E-state index contributed by atoms with van der Waals surface area (Å²) in [5, 5.41) is 3.88. The number of carbonyl (C=O) groups excluding carboxylic acids is 2. The normalized spacial score (nSPS) is 19.1. The van der Waals surface area contributed by atoms with Crippen LogP contribution in [0.5, 0.6) is 0 Å². The Kier molecular flexibility index (Phi) is 8.68. The van der Waals surface area contributed by atoms with Crippen molar-refractivity contribution in [3.8, 4) is 11.1 Å². The van der Waals surface area contributed by atoms with E-state index in [4.69, 9.17) is 50.8 Å². The second kappa shape index (κ2) is 12.0. The highest BCUT2D eigenvalue weighted by Crippen LogP contribution is 2.47. The van der Waals surface area contributed by atoms with Crippen LogP contribution in [0.15, 0.2) is 24.3 Å². The van der Waals surface area contributed by atoms with Crippen LogP contribution in [0.3, 0.4) is 0 Å². The third-order valence-corrected chi connectivity index (χ3v) is 8.78. The minimum Gasteiger partial charge on any atom is -0.462 e. The average molecular weight is 648 g/mol. The SMILES string of the molecule is [C-]#[N+]CCc1cc2c(N[C@H]3[C@@H]4C[C@H]3N(C(=O)OC(C)(C)C)C4)c(C(=O)OCC)c(Cl)nc2c(F)c1-c1cccc(Cl)c1Cl. The number of hydrogen-bond acceptors (Lipinski definition) is 6. The number of hydrogen-bond donors (Lipinski definition) is 1. The van der Waals surface area contributed by atoms with Crippen molar-refractivity contribution < 1.29 is 23.5 Å². The Morgan fingerprint density at radius 2 is 2.00 bits per heavy atom. The lowest BCUT2D eigenvalue weighted by Crippen LogP contribution is -2.50. The van der Waals surface area contributed by atoms with Gasteiger partial charge < -0.3 is 24.5 Å². The predicted molar refractivity (Wildman–Crippen MR) is 166 cm³/mol. The summed E-state index contributed by atoms with van der Waals surface area (Å²) in [4.78, 5) is 35.6. The number of ether oxygens (including phenoxy) is 2. The maximum atomic E-state index is 16.6. The van der Waals surface area contributed by atoms with Crippen LogP contribution in [0, 0.1) is 18.3 Å². The van der Waals surface area contributed by atoms with Gasteiger partial charge in [-0.15, -0.1) is 0 Å². The molecule has 1 N–H and O–H groups in total. The number of fused-ring (bicyclic) bond motifs is 2. The largest absolute Gasteiger partial charge is 0.462 e. The van der Waals surface area contributed by atoms with Gasteiger partial charge in [0.05, 0.1) is 34.4 Å². The van der Waals surface area contributed by atoms with Crippen LogP contribution in [0.1, 0.15) is 50.0 Å². The first-order chi connectivity index (χ1) is 20.4. The summed E-state index contributed by atoms with van der Waals surface area (Å²) in [5.41, 5.74) is 0.471. The van der Waals surface area contributed by atoms with Gasteiger partial charge in [-0.25, -0.2) is 25.5 Å². The van der Waals surface area contributed by atoms with Crippen molar-refractivity contribution in [3.05, 3.63) is 67.8 Å². The molecule has 3 fully saturated rings. The van der Waals surface area contributed by atoms with Crippen LogP contribution in [-0.4, -0.2) is 59.3 Å². The third-order valence-electron chi connectivity index (χ3n) is 7.69. The first kappa shape index (κ1) is 31.1. The molecule has 12 heteroatoms. The molecule has 1 saturated carbocycles. The highest BCUT2D eigenvalue weighted by Gasteiger charge is 2.55. The topological polar surface area (TPSA) is 85.1 Å². The fourth-order valence-corrected chi connectivity index (χ4v) is 6.47. The van der Waals surface area contributed by atoms with E-state index in [1.54, 1.807) is 36.1 Å². The van der Waals surface area contributed by atoms with Gasteiger partial charge in [0.2, 0.25) is 6.54 Å². The molecule has 1 aromatic heterocycles. The summed E-state index contributed by atoms with van der Waals surface area (Å²) in [6.45, 7) is 15.1. The Morgan fingerprint density at radius 1 is 1.26 bits per heavy atom. The van der Waals surface area contributed by atoms with Gasteiger partial charge in [-0.1, -0.05) is 46.9 Å². The van der Waals surface area contributed by atoms with Gasteiger partial charge in [-0.2, -0.15) is 0 Å². The fraction of sp³-hybridized carbons (Fsp3) is 0.419. The summed E-state index contributed by atoms with van der Waals surface area (Å²) in [6.07, 6.45) is 0.541. The molecule has 0 unspecified atom stereocenters. The molecule has 3 heterocycles. The molecule has 0 spiro atoms. The number of anilines is 1. The molecule has 3 aromatic rings. The Bertz CT molecular complexity index is 1670. The Morgan fingerprint density at radius 3 is 2.67 bits per heavy atom. The van der Waals surface area contributed by atoms with E-state index in [1.165, 1.54) is 0 Å². The Labute approximate surface area is 264 Å². The summed E-state index contributed by atoms with van der Waals surface area (Å²) >= 11 is 19.4. The molecule has 6 rings (SSSR count). The molecule has 0 radical (unpaired) electrons. The van der Waals surface area contributed by atoms with Crippen molar-refractivity contribution in [2.75, 3.05) is 25.0 Å². The van der Waals surface area contributed by atoms with Crippen LogP contribution in [0.4, 0.5) is 14.9 Å². The molecular formula is C31H30Cl3FN4O4. The number of amides is 1. The van der Waals surface area contributed by atoms with Crippen LogP contribution in [0.25, 0.3) is 26.9 Å². The predicted octanol–water partition coefficient (Wildman–Crippen LogP) is 8.06. The van der Waals surface area contributed by atoms with E-state index in [0.29, 0.717) is 23.1 Å². The molecule has 1 amide bonds. The Balaban J connectivity index is 1.67. The molecule has 2 aliphatic heterocycles. The van der Waals surface area contributed by atoms with Gasteiger partial charge in [0.15, 0.2) is 5.82 Å². The zero-order valence-electron chi connectivity index (χ0n) is 24.1. The van der Waals surface area contributed by atoms with Crippen LogP contribution in [-0.2, 0) is 15.9 Å². The van der Waals surface area contributed by atoms with Gasteiger partial charge in [0.25, 0.3) is 0 Å². The molecule has 43 heavy (non-hydrogen) atoms. The molecule has 3 aliphatic rings. The molecule has 3 atom stereocenters. The summed E-state index contributed by atoms with van der Waals surface area (Å²) < 4.78 is 27.5. The highest BCUT2D eigenvalue weighted by molar-refractivity contribution is 6.43. The maximum absolute atomic E-state index is 16.6. The number of esters is 1. The smallest absolute Gasteiger partial charge is 0.410 e. The van der Waals surface area contributed by atoms with E-state index in [-0.39, 0.29) is 75.1 Å². The number of aromatic nitrogens is 1. The molecule has 1 aliphatic carbocycles. The van der Waals surface area contributed by atoms with Gasteiger partial charge in [-0.05, 0) is 51.8 Å². The lowest BCUT2D eigenvalue weighted by atomic mass is 9.79. The molecule has 8 nitrogen and oxygen atoms in total. The van der Waals surface area contributed by atoms with E-state index < -0.39 is 23.5 Å². The first-order valence-corrected chi connectivity index (χ1v) is 15.0. The third kappa shape index (κ3) is 5.81.